The Balaban J connectivity index is 3.24. The maximum absolute atomic E-state index is 11.4. The van der Waals surface area contributed by atoms with E-state index in [0.717, 1.165) is 0 Å². The van der Waals surface area contributed by atoms with Crippen LogP contribution in [-0.4, -0.2) is 35.0 Å². The molecule has 0 radical (unpaired) electrons. The minimum Gasteiger partial charge on any atom is -0.496 e. The highest BCUT2D eigenvalue weighted by molar-refractivity contribution is 6.27. The fourth-order valence-electron chi connectivity index (χ4n) is 1.60. The molecule has 1 unspecified atom stereocenters. The van der Waals surface area contributed by atoms with Crippen molar-refractivity contribution in [1.29, 1.82) is 0 Å². The van der Waals surface area contributed by atoms with Crippen molar-refractivity contribution in [2.45, 2.75) is 12.5 Å². The van der Waals surface area contributed by atoms with Crippen LogP contribution in [0.2, 0.25) is 0 Å². The Morgan fingerprint density at radius 1 is 1.44 bits per heavy atom. The first-order valence-electron chi connectivity index (χ1n) is 5.15. The highest BCUT2D eigenvalue weighted by atomic mass is 35.5. The average Bonchev–Trinajstić information content (AvgIpc) is 2.37. The number of carbonyl (C=O) groups excluding carboxylic acids is 1. The van der Waals surface area contributed by atoms with Gasteiger partial charge in [0, 0.05) is 12.0 Å². The van der Waals surface area contributed by atoms with E-state index in [4.69, 9.17) is 21.4 Å². The van der Waals surface area contributed by atoms with Gasteiger partial charge in [-0.3, -0.25) is 4.79 Å². The second kappa shape index (κ2) is 6.37. The molecule has 0 heterocycles. The van der Waals surface area contributed by atoms with Gasteiger partial charge in [-0.15, -0.1) is 11.6 Å². The van der Waals surface area contributed by atoms with Crippen molar-refractivity contribution in [3.05, 3.63) is 29.3 Å². The number of hydrogen-bond donors (Lipinski definition) is 2. The number of methoxy groups -OCH3 is 1. The van der Waals surface area contributed by atoms with Crippen LogP contribution in [0, 0.1) is 0 Å². The van der Waals surface area contributed by atoms with Gasteiger partial charge in [-0.1, -0.05) is 12.1 Å². The monoisotopic (exact) mass is 272 g/mol. The van der Waals surface area contributed by atoms with Crippen LogP contribution in [0.4, 0.5) is 0 Å². The van der Waals surface area contributed by atoms with Crippen LogP contribution >= 0.6 is 11.6 Å². The molecule has 0 bridgehead atoms. The number of alkyl halides is 1. The Hall–Kier alpha value is -1.59. The lowest BCUT2D eigenvalue weighted by Gasteiger charge is -2.15. The fourth-order valence-corrected chi connectivity index (χ4v) is 1.69. The molecule has 98 valence electrons. The Kier molecular flexibility index (Phi) is 5.12. The number of ether oxygens (including phenoxy) is 1. The summed E-state index contributed by atoms with van der Waals surface area (Å²) in [5, 5.41) is 18.4. The van der Waals surface area contributed by atoms with Crippen LogP contribution < -0.4 is 4.74 Å². The molecule has 1 aromatic carbocycles. The molecule has 0 spiro atoms. The largest absolute Gasteiger partial charge is 0.496 e. The molecule has 0 saturated carbocycles. The summed E-state index contributed by atoms with van der Waals surface area (Å²) in [5.74, 6) is -1.49. The molecule has 1 rings (SSSR count). The van der Waals surface area contributed by atoms with Gasteiger partial charge in [-0.05, 0) is 11.6 Å². The zero-order valence-corrected chi connectivity index (χ0v) is 10.5. The number of rotatable bonds is 6. The number of aliphatic carboxylic acids is 1. The molecule has 0 aliphatic carbocycles. The highest BCUT2D eigenvalue weighted by Crippen LogP contribution is 2.28. The van der Waals surface area contributed by atoms with Crippen molar-refractivity contribution in [2.75, 3.05) is 13.0 Å². The molecule has 1 aromatic rings. The number of carbonyl (C=O) groups is 2. The summed E-state index contributed by atoms with van der Waals surface area (Å²) >= 11 is 5.42. The van der Waals surface area contributed by atoms with Crippen molar-refractivity contribution < 1.29 is 24.5 Å². The van der Waals surface area contributed by atoms with E-state index in [1.165, 1.54) is 13.2 Å². The lowest BCUT2D eigenvalue weighted by atomic mass is 9.97. The van der Waals surface area contributed by atoms with Crippen molar-refractivity contribution in [2.24, 2.45) is 0 Å². The van der Waals surface area contributed by atoms with Gasteiger partial charge >= 0.3 is 5.97 Å². The summed E-state index contributed by atoms with van der Waals surface area (Å²) in [6.45, 7) is 0. The quantitative estimate of drug-likeness (QED) is 0.759. The van der Waals surface area contributed by atoms with Gasteiger partial charge in [-0.25, -0.2) is 4.79 Å². The molecular formula is C12H13ClO5. The van der Waals surface area contributed by atoms with E-state index in [0.29, 0.717) is 11.3 Å². The van der Waals surface area contributed by atoms with Crippen molar-refractivity contribution >= 4 is 23.4 Å². The molecule has 6 heteroatoms. The van der Waals surface area contributed by atoms with Gasteiger partial charge in [0.2, 0.25) is 0 Å². The summed E-state index contributed by atoms with van der Waals surface area (Å²) in [7, 11) is 1.40. The van der Waals surface area contributed by atoms with E-state index in [2.05, 4.69) is 0 Å². The third kappa shape index (κ3) is 3.21. The predicted octanol–water partition coefficient (Wildman–Crippen LogP) is 1.16. The number of carboxylic acids is 1. The third-order valence-corrected chi connectivity index (χ3v) is 2.74. The molecule has 0 aliphatic heterocycles. The molecule has 5 nitrogen and oxygen atoms in total. The second-order valence-electron chi connectivity index (χ2n) is 3.62. The third-order valence-electron chi connectivity index (χ3n) is 2.44. The van der Waals surface area contributed by atoms with E-state index < -0.39 is 12.1 Å². The van der Waals surface area contributed by atoms with E-state index in [1.54, 1.807) is 12.1 Å². The molecular weight excluding hydrogens is 260 g/mol. The number of ketones is 1. The Bertz CT molecular complexity index is 458. The van der Waals surface area contributed by atoms with Gasteiger partial charge in [0.15, 0.2) is 11.9 Å². The van der Waals surface area contributed by atoms with Crippen LogP contribution in [-0.2, 0) is 16.0 Å². The summed E-state index contributed by atoms with van der Waals surface area (Å²) in [5.41, 5.74) is 0.487. The van der Waals surface area contributed by atoms with Gasteiger partial charge < -0.3 is 14.9 Å². The topological polar surface area (TPSA) is 83.8 Å². The molecule has 0 aliphatic rings. The second-order valence-corrected chi connectivity index (χ2v) is 3.89. The molecule has 18 heavy (non-hydrogen) atoms. The zero-order valence-electron chi connectivity index (χ0n) is 9.72. The number of benzene rings is 1. The molecule has 0 amide bonds. The Morgan fingerprint density at radius 2 is 2.11 bits per heavy atom. The predicted molar refractivity (Wildman–Crippen MR) is 65.0 cm³/mol. The first kappa shape index (κ1) is 14.5. The van der Waals surface area contributed by atoms with E-state index in [1.807, 2.05) is 0 Å². The molecule has 0 aromatic heterocycles. The molecule has 0 saturated heterocycles. The lowest BCUT2D eigenvalue weighted by Crippen LogP contribution is -2.15. The first-order valence-corrected chi connectivity index (χ1v) is 5.69. The molecule has 2 N–H and O–H groups in total. The highest BCUT2D eigenvalue weighted by Gasteiger charge is 2.22. The van der Waals surface area contributed by atoms with Crippen LogP contribution in [0.5, 0.6) is 5.75 Å². The Morgan fingerprint density at radius 3 is 2.61 bits per heavy atom. The van der Waals surface area contributed by atoms with E-state index >= 15 is 0 Å². The summed E-state index contributed by atoms with van der Waals surface area (Å²) < 4.78 is 5.06. The van der Waals surface area contributed by atoms with Gasteiger partial charge in [0.05, 0.1) is 13.0 Å². The van der Waals surface area contributed by atoms with Gasteiger partial charge in [0.25, 0.3) is 0 Å². The SMILES string of the molecule is COc1cccc(C(O)C(=O)O)c1CC(=O)CCl. The molecule has 1 atom stereocenters. The zero-order chi connectivity index (χ0) is 13.7. The number of aliphatic hydroxyl groups excluding tert-OH is 1. The lowest BCUT2D eigenvalue weighted by molar-refractivity contribution is -0.147. The van der Waals surface area contributed by atoms with Gasteiger partial charge in [0.1, 0.15) is 5.75 Å². The summed E-state index contributed by atoms with van der Waals surface area (Å²) in [6, 6.07) is 4.59. The number of carboxylic acid groups (broad SMARTS) is 1. The van der Waals surface area contributed by atoms with Gasteiger partial charge in [-0.2, -0.15) is 0 Å². The fraction of sp³-hybridized carbons (Fsp3) is 0.333. The van der Waals surface area contributed by atoms with Crippen LogP contribution in [0.25, 0.3) is 0 Å². The van der Waals surface area contributed by atoms with Crippen molar-refractivity contribution in [1.82, 2.24) is 0 Å². The van der Waals surface area contributed by atoms with E-state index in [-0.39, 0.29) is 23.6 Å². The van der Waals surface area contributed by atoms with Crippen LogP contribution in [0.1, 0.15) is 17.2 Å². The minimum atomic E-state index is -1.70. The summed E-state index contributed by atoms with van der Waals surface area (Å²) in [4.78, 5) is 22.2. The van der Waals surface area contributed by atoms with E-state index in [9.17, 15) is 14.7 Å². The van der Waals surface area contributed by atoms with Crippen LogP contribution in [0.3, 0.4) is 0 Å². The summed E-state index contributed by atoms with van der Waals surface area (Å²) in [6.07, 6.45) is -1.77. The first-order chi connectivity index (χ1) is 8.51. The maximum atomic E-state index is 11.4. The van der Waals surface area contributed by atoms with Crippen molar-refractivity contribution in [3.63, 3.8) is 0 Å². The number of Topliss-reactive ketones (excluding diaryl/α,β-unsaturated/α-hetero) is 1. The standard InChI is InChI=1S/C12H13ClO5/c1-18-10-4-2-3-8(11(15)12(16)17)9(10)5-7(14)6-13/h2-4,11,15H,5-6H2,1H3,(H,16,17). The average molecular weight is 273 g/mol. The number of hydrogen-bond acceptors (Lipinski definition) is 4. The minimum absolute atomic E-state index is 0.0762. The number of halogens is 1. The molecule has 0 fully saturated rings. The maximum Gasteiger partial charge on any atom is 0.337 e. The Labute approximate surface area is 109 Å². The normalized spacial score (nSPS) is 11.9. The van der Waals surface area contributed by atoms with Crippen LogP contribution in [0.15, 0.2) is 18.2 Å². The van der Waals surface area contributed by atoms with Crippen molar-refractivity contribution in [3.8, 4) is 5.75 Å². The smallest absolute Gasteiger partial charge is 0.337 e. The number of aliphatic hydroxyl groups is 1.